The zero-order valence-electron chi connectivity index (χ0n) is 15.2. The van der Waals surface area contributed by atoms with E-state index < -0.39 is 0 Å². The average molecular weight is 329 g/mol. The van der Waals surface area contributed by atoms with Crippen LogP contribution in [0.3, 0.4) is 0 Å². The second kappa shape index (κ2) is 6.10. The molecule has 1 atom stereocenters. The molecule has 2 fully saturated rings. The van der Waals surface area contributed by atoms with E-state index in [1.165, 1.54) is 24.0 Å². The van der Waals surface area contributed by atoms with E-state index in [2.05, 4.69) is 35.3 Å². The fourth-order valence-corrected chi connectivity index (χ4v) is 5.29. The van der Waals surface area contributed by atoms with Crippen molar-refractivity contribution in [1.29, 1.82) is 0 Å². The van der Waals surface area contributed by atoms with E-state index >= 15 is 0 Å². The Balaban J connectivity index is 1.58. The summed E-state index contributed by atoms with van der Waals surface area (Å²) < 4.78 is -0.122. The number of hydroxylamine groups is 2. The predicted octanol–water partition coefficient (Wildman–Crippen LogP) is 2.92. The molecule has 4 nitrogen and oxygen atoms in total. The van der Waals surface area contributed by atoms with Crippen molar-refractivity contribution in [3.05, 3.63) is 34.5 Å². The van der Waals surface area contributed by atoms with Crippen molar-refractivity contribution in [1.82, 2.24) is 14.9 Å². The maximum atomic E-state index is 13.4. The number of nitrogens with one attached hydrogen (secondary N) is 1. The maximum absolute atomic E-state index is 13.4. The van der Waals surface area contributed by atoms with Gasteiger partial charge in [-0.3, -0.25) is 0 Å². The van der Waals surface area contributed by atoms with Crippen LogP contribution in [-0.2, 0) is 5.41 Å². The normalized spacial score (nSPS) is 30.6. The molecule has 0 amide bonds. The summed E-state index contributed by atoms with van der Waals surface area (Å²) in [5.41, 5.74) is 3.81. The van der Waals surface area contributed by atoms with Gasteiger partial charge in [0.05, 0.1) is 18.5 Å². The third kappa shape index (κ3) is 2.60. The second-order valence-corrected chi connectivity index (χ2v) is 8.18. The van der Waals surface area contributed by atoms with E-state index in [1.807, 2.05) is 6.92 Å². The van der Waals surface area contributed by atoms with E-state index in [0.717, 1.165) is 57.3 Å². The highest BCUT2D eigenvalue weighted by molar-refractivity contribution is 5.61. The summed E-state index contributed by atoms with van der Waals surface area (Å²) in [5, 5.41) is 16.8. The number of benzene rings is 1. The number of likely N-dealkylation sites (tertiary alicyclic amines) is 1. The van der Waals surface area contributed by atoms with Crippen molar-refractivity contribution in [3.8, 4) is 0 Å². The second-order valence-electron chi connectivity index (χ2n) is 8.18. The Morgan fingerprint density at radius 1 is 1.25 bits per heavy atom. The molecule has 1 aromatic carbocycles. The summed E-state index contributed by atoms with van der Waals surface area (Å²) in [6, 6.07) is 7.28. The lowest BCUT2D eigenvalue weighted by atomic mass is 9.73. The van der Waals surface area contributed by atoms with Crippen LogP contribution in [-0.4, -0.2) is 50.2 Å². The lowest BCUT2D eigenvalue weighted by molar-refractivity contribution is 0.0927. The number of fused-ring (bicyclic) bond motifs is 2. The Morgan fingerprint density at radius 3 is 2.62 bits per heavy atom. The van der Waals surface area contributed by atoms with Crippen molar-refractivity contribution in [3.63, 3.8) is 0 Å². The van der Waals surface area contributed by atoms with Crippen molar-refractivity contribution < 1.29 is 0 Å². The average Bonchev–Trinajstić information content (AvgIpc) is 2.85. The van der Waals surface area contributed by atoms with Crippen LogP contribution >= 0.6 is 0 Å². The first-order valence-electron chi connectivity index (χ1n) is 9.71. The number of hydrogen-bond donors (Lipinski definition) is 1. The van der Waals surface area contributed by atoms with Crippen LogP contribution in [0, 0.1) is 12.1 Å². The van der Waals surface area contributed by atoms with E-state index in [4.69, 9.17) is 0 Å². The lowest BCUT2D eigenvalue weighted by Gasteiger charge is -2.45. The first-order chi connectivity index (χ1) is 11.6. The molecule has 1 N–H and O–H groups in total. The van der Waals surface area contributed by atoms with Crippen LogP contribution in [0.1, 0.15) is 43.7 Å². The minimum atomic E-state index is -0.122. The molecule has 132 valence electrons. The fraction of sp³-hybridized carbons (Fsp3) is 0.700. The first-order valence-corrected chi connectivity index (χ1v) is 9.71. The van der Waals surface area contributed by atoms with Crippen LogP contribution in [0.5, 0.6) is 0 Å². The minimum absolute atomic E-state index is 0.114. The highest BCUT2D eigenvalue weighted by Gasteiger charge is 2.50. The number of rotatable bonds is 2. The molecule has 4 rings (SSSR count). The Kier molecular flexibility index (Phi) is 4.20. The minimum Gasteiger partial charge on any atom is -0.627 e. The number of aryl methyl sites for hydroxylation is 1. The molecule has 0 aliphatic carbocycles. The highest BCUT2D eigenvalue weighted by Crippen LogP contribution is 2.50. The van der Waals surface area contributed by atoms with Gasteiger partial charge in [0.15, 0.2) is 0 Å². The standard InChI is InChI=1S/C20H31N3O/c1-3-23(24)15-20(18-14-16(2)4-5-19(18)23)8-12-22(13-9-20)17-6-10-21-11-7-17/h4-5,14,17,21H,3,6-13,15H2,1-2H3. The van der Waals surface area contributed by atoms with Crippen LogP contribution in [0.4, 0.5) is 5.69 Å². The van der Waals surface area contributed by atoms with E-state index in [-0.39, 0.29) is 10.1 Å². The quantitative estimate of drug-likeness (QED) is 0.670. The molecule has 0 radical (unpaired) electrons. The Labute approximate surface area is 146 Å². The van der Waals surface area contributed by atoms with Gasteiger partial charge in [-0.25, -0.2) is 0 Å². The smallest absolute Gasteiger partial charge is 0.136 e. The maximum Gasteiger partial charge on any atom is 0.136 e. The molecule has 4 heteroatoms. The van der Waals surface area contributed by atoms with E-state index in [0.29, 0.717) is 6.54 Å². The number of quaternary nitrogens is 1. The molecule has 0 aromatic heterocycles. The molecular weight excluding hydrogens is 298 g/mol. The highest BCUT2D eigenvalue weighted by atomic mass is 16.5. The molecule has 24 heavy (non-hydrogen) atoms. The third-order valence-electron chi connectivity index (χ3n) is 6.81. The van der Waals surface area contributed by atoms with Gasteiger partial charge in [0.1, 0.15) is 5.69 Å². The topological polar surface area (TPSA) is 38.3 Å². The van der Waals surface area contributed by atoms with E-state index in [1.54, 1.807) is 0 Å². The van der Waals surface area contributed by atoms with Crippen molar-refractivity contribution in [2.24, 2.45) is 0 Å². The molecule has 1 unspecified atom stereocenters. The van der Waals surface area contributed by atoms with Gasteiger partial charge in [0.2, 0.25) is 0 Å². The Hall–Kier alpha value is -0.940. The molecule has 3 heterocycles. The summed E-state index contributed by atoms with van der Waals surface area (Å²) in [7, 11) is 0. The Bertz CT molecular complexity index is 603. The molecule has 1 spiro atoms. The third-order valence-corrected chi connectivity index (χ3v) is 6.81. The molecule has 0 saturated carbocycles. The van der Waals surface area contributed by atoms with Crippen LogP contribution < -0.4 is 9.96 Å². The Morgan fingerprint density at radius 2 is 1.96 bits per heavy atom. The van der Waals surface area contributed by atoms with E-state index in [9.17, 15) is 5.21 Å². The first kappa shape index (κ1) is 16.5. The number of nitrogens with zero attached hydrogens (tertiary/aromatic N) is 2. The molecule has 1 aromatic rings. The summed E-state index contributed by atoms with van der Waals surface area (Å²) in [5.74, 6) is 0. The van der Waals surface area contributed by atoms with Crippen molar-refractivity contribution in [2.75, 3.05) is 39.3 Å². The zero-order chi connectivity index (χ0) is 16.8. The largest absolute Gasteiger partial charge is 0.627 e. The molecule has 2 saturated heterocycles. The zero-order valence-corrected chi connectivity index (χ0v) is 15.2. The molecule has 0 bridgehead atoms. The van der Waals surface area contributed by atoms with Gasteiger partial charge in [0, 0.05) is 11.6 Å². The fourth-order valence-electron chi connectivity index (χ4n) is 5.29. The van der Waals surface area contributed by atoms with Crippen LogP contribution in [0.2, 0.25) is 0 Å². The van der Waals surface area contributed by atoms with Gasteiger partial charge in [0.25, 0.3) is 0 Å². The molecule has 3 aliphatic rings. The number of piperidine rings is 2. The lowest BCUT2D eigenvalue weighted by Crippen LogP contribution is -2.53. The van der Waals surface area contributed by atoms with Gasteiger partial charge in [-0.05, 0) is 77.8 Å². The van der Waals surface area contributed by atoms with Crippen LogP contribution in [0.25, 0.3) is 0 Å². The number of likely N-dealkylation sites (N-methyl/N-ethyl adjacent to an activating group) is 1. The number of hydrogen-bond acceptors (Lipinski definition) is 3. The monoisotopic (exact) mass is 329 g/mol. The van der Waals surface area contributed by atoms with Crippen LogP contribution in [0.15, 0.2) is 18.2 Å². The van der Waals surface area contributed by atoms with Crippen molar-refractivity contribution >= 4 is 5.69 Å². The summed E-state index contributed by atoms with van der Waals surface area (Å²) in [6.45, 7) is 10.2. The van der Waals surface area contributed by atoms with Gasteiger partial charge < -0.3 is 20.1 Å². The molecule has 3 aliphatic heterocycles. The SMILES string of the molecule is CC[N+]1([O-])CC2(CCN(C3CCNCC3)CC2)c2cc(C)ccc21. The summed E-state index contributed by atoms with van der Waals surface area (Å²) in [4.78, 5) is 2.70. The van der Waals surface area contributed by atoms with Gasteiger partial charge in [-0.2, -0.15) is 0 Å². The molecular formula is C20H31N3O. The van der Waals surface area contributed by atoms with Crippen molar-refractivity contribution in [2.45, 2.75) is 51.0 Å². The van der Waals surface area contributed by atoms with Gasteiger partial charge >= 0.3 is 0 Å². The van der Waals surface area contributed by atoms with Gasteiger partial charge in [-0.1, -0.05) is 11.6 Å². The van der Waals surface area contributed by atoms with Gasteiger partial charge in [-0.15, -0.1) is 0 Å². The summed E-state index contributed by atoms with van der Waals surface area (Å²) in [6.07, 6.45) is 4.85. The predicted molar refractivity (Wildman–Crippen MR) is 100 cm³/mol. The summed E-state index contributed by atoms with van der Waals surface area (Å²) >= 11 is 0.